The number of ether oxygens (including phenoxy) is 1. The number of aromatic nitrogens is 1. The smallest absolute Gasteiger partial charge is 0.341 e. The van der Waals surface area contributed by atoms with Gasteiger partial charge in [0, 0.05) is 23.9 Å². The number of sulfone groups is 1. The van der Waals surface area contributed by atoms with Gasteiger partial charge in [-0.25, -0.2) is 13.4 Å². The molecule has 1 N–H and O–H groups in total. The number of benzene rings is 1. The van der Waals surface area contributed by atoms with E-state index in [-0.39, 0.29) is 12.1 Å². The van der Waals surface area contributed by atoms with Crippen LogP contribution < -0.4 is 10.1 Å². The number of carbonyl (C=O) groups excluding carboxylic acids is 1. The SMILES string of the molecule is CCOc1ncccc1CNC(=O)c1ccc(S(=O)(=O)C(F)F)cc1. The van der Waals surface area contributed by atoms with Gasteiger partial charge in [-0.05, 0) is 37.3 Å². The molecule has 1 aromatic carbocycles. The fraction of sp³-hybridized carbons (Fsp3) is 0.250. The monoisotopic (exact) mass is 370 g/mol. The lowest BCUT2D eigenvalue weighted by Crippen LogP contribution is -2.23. The summed E-state index contributed by atoms with van der Waals surface area (Å²) >= 11 is 0. The number of hydrogen-bond acceptors (Lipinski definition) is 5. The summed E-state index contributed by atoms with van der Waals surface area (Å²) in [5.41, 5.74) is 0.824. The van der Waals surface area contributed by atoms with Crippen molar-refractivity contribution in [3.05, 3.63) is 53.7 Å². The topological polar surface area (TPSA) is 85.4 Å². The third kappa shape index (κ3) is 4.50. The number of rotatable bonds is 7. The molecule has 1 heterocycles. The van der Waals surface area contributed by atoms with Crippen molar-refractivity contribution in [3.63, 3.8) is 0 Å². The van der Waals surface area contributed by atoms with Crippen molar-refractivity contribution in [2.45, 2.75) is 24.1 Å². The second kappa shape index (κ2) is 8.02. The number of pyridine rings is 1. The average Bonchev–Trinajstić information content (AvgIpc) is 2.61. The maximum absolute atomic E-state index is 12.5. The van der Waals surface area contributed by atoms with Crippen LogP contribution in [0.15, 0.2) is 47.5 Å². The van der Waals surface area contributed by atoms with Gasteiger partial charge in [-0.2, -0.15) is 8.78 Å². The number of hydrogen-bond donors (Lipinski definition) is 1. The second-order valence-corrected chi connectivity index (χ2v) is 6.83. The van der Waals surface area contributed by atoms with Crippen LogP contribution in [0.5, 0.6) is 5.88 Å². The molecule has 0 aliphatic carbocycles. The van der Waals surface area contributed by atoms with Gasteiger partial charge >= 0.3 is 5.76 Å². The first kappa shape index (κ1) is 18.8. The molecule has 1 aromatic heterocycles. The molecule has 0 saturated carbocycles. The molecule has 0 bridgehead atoms. The van der Waals surface area contributed by atoms with Gasteiger partial charge in [-0.1, -0.05) is 6.07 Å². The Morgan fingerprint density at radius 1 is 1.24 bits per heavy atom. The molecule has 0 aliphatic heterocycles. The van der Waals surface area contributed by atoms with Crippen molar-refractivity contribution in [1.82, 2.24) is 10.3 Å². The highest BCUT2D eigenvalue weighted by Gasteiger charge is 2.26. The Kier molecular flexibility index (Phi) is 6.02. The van der Waals surface area contributed by atoms with Crippen LogP contribution in [0, 0.1) is 0 Å². The maximum atomic E-state index is 12.5. The van der Waals surface area contributed by atoms with Gasteiger partial charge in [0.15, 0.2) is 0 Å². The molecular weight excluding hydrogens is 354 g/mol. The Morgan fingerprint density at radius 3 is 2.52 bits per heavy atom. The predicted octanol–water partition coefficient (Wildman–Crippen LogP) is 2.41. The van der Waals surface area contributed by atoms with Crippen LogP contribution in [0.2, 0.25) is 0 Å². The van der Waals surface area contributed by atoms with Gasteiger partial charge in [-0.15, -0.1) is 0 Å². The summed E-state index contributed by atoms with van der Waals surface area (Å²) in [7, 11) is -4.68. The molecule has 0 spiro atoms. The minimum atomic E-state index is -4.68. The summed E-state index contributed by atoms with van der Waals surface area (Å²) in [4.78, 5) is 15.6. The second-order valence-electron chi connectivity index (χ2n) is 4.91. The van der Waals surface area contributed by atoms with E-state index in [1.54, 1.807) is 18.3 Å². The van der Waals surface area contributed by atoms with Gasteiger partial charge in [0.1, 0.15) is 0 Å². The van der Waals surface area contributed by atoms with Gasteiger partial charge in [0.05, 0.1) is 11.5 Å². The quantitative estimate of drug-likeness (QED) is 0.809. The van der Waals surface area contributed by atoms with Gasteiger partial charge in [-0.3, -0.25) is 4.79 Å². The molecule has 9 heteroatoms. The number of alkyl halides is 2. The fourth-order valence-corrected chi connectivity index (χ4v) is 2.72. The van der Waals surface area contributed by atoms with E-state index < -0.39 is 26.4 Å². The normalized spacial score (nSPS) is 11.4. The lowest BCUT2D eigenvalue weighted by molar-refractivity contribution is 0.0950. The lowest BCUT2D eigenvalue weighted by Gasteiger charge is -2.10. The maximum Gasteiger partial charge on any atom is 0.341 e. The van der Waals surface area contributed by atoms with E-state index in [1.165, 1.54) is 12.1 Å². The Hall–Kier alpha value is -2.55. The molecule has 25 heavy (non-hydrogen) atoms. The molecule has 134 valence electrons. The highest BCUT2D eigenvalue weighted by atomic mass is 32.2. The summed E-state index contributed by atoms with van der Waals surface area (Å²) < 4.78 is 53.0. The van der Waals surface area contributed by atoms with Crippen LogP contribution in [-0.4, -0.2) is 31.7 Å². The molecule has 2 rings (SSSR count). The summed E-state index contributed by atoms with van der Waals surface area (Å²) in [6.07, 6.45) is 1.57. The van der Waals surface area contributed by atoms with Crippen molar-refractivity contribution >= 4 is 15.7 Å². The third-order valence-corrected chi connectivity index (χ3v) is 4.65. The molecule has 0 fully saturated rings. The predicted molar refractivity (Wildman–Crippen MR) is 86.2 cm³/mol. The Labute approximate surface area is 143 Å². The summed E-state index contributed by atoms with van der Waals surface area (Å²) in [6, 6.07) is 7.76. The molecule has 1 amide bonds. The minimum absolute atomic E-state index is 0.148. The molecular formula is C16H16F2N2O4S. The largest absolute Gasteiger partial charge is 0.478 e. The number of nitrogens with one attached hydrogen (secondary N) is 1. The molecule has 0 saturated heterocycles. The first-order valence-electron chi connectivity index (χ1n) is 7.33. The number of halogens is 2. The van der Waals surface area contributed by atoms with Crippen LogP contribution in [-0.2, 0) is 16.4 Å². The highest BCUT2D eigenvalue weighted by molar-refractivity contribution is 7.91. The van der Waals surface area contributed by atoms with E-state index in [2.05, 4.69) is 10.3 Å². The van der Waals surface area contributed by atoms with Crippen molar-refractivity contribution in [3.8, 4) is 5.88 Å². The van der Waals surface area contributed by atoms with E-state index in [1.807, 2.05) is 6.92 Å². The Bertz CT molecular complexity index is 839. The Balaban J connectivity index is 2.07. The number of nitrogens with zero attached hydrogens (tertiary/aromatic N) is 1. The number of carbonyl (C=O) groups is 1. The average molecular weight is 370 g/mol. The lowest BCUT2D eigenvalue weighted by atomic mass is 10.2. The van der Waals surface area contributed by atoms with E-state index in [0.29, 0.717) is 18.1 Å². The van der Waals surface area contributed by atoms with E-state index in [4.69, 9.17) is 4.74 Å². The van der Waals surface area contributed by atoms with Crippen LogP contribution in [0.25, 0.3) is 0 Å². The molecule has 0 radical (unpaired) electrons. The van der Waals surface area contributed by atoms with E-state index in [0.717, 1.165) is 12.1 Å². The molecule has 0 unspecified atom stereocenters. The van der Waals surface area contributed by atoms with Crippen molar-refractivity contribution in [2.24, 2.45) is 0 Å². The standard InChI is InChI=1S/C16H16F2N2O4S/c1-2-24-15-12(4-3-9-19-15)10-20-14(21)11-5-7-13(8-6-11)25(22,23)16(17)18/h3-9,16H,2,10H2,1H3,(H,20,21). The fourth-order valence-electron chi connectivity index (χ4n) is 2.00. The highest BCUT2D eigenvalue weighted by Crippen LogP contribution is 2.19. The minimum Gasteiger partial charge on any atom is -0.478 e. The van der Waals surface area contributed by atoms with Crippen LogP contribution >= 0.6 is 0 Å². The van der Waals surface area contributed by atoms with Crippen molar-refractivity contribution in [2.75, 3.05) is 6.61 Å². The molecule has 6 nitrogen and oxygen atoms in total. The van der Waals surface area contributed by atoms with Gasteiger partial charge in [0.25, 0.3) is 5.91 Å². The first-order chi connectivity index (χ1) is 11.9. The van der Waals surface area contributed by atoms with Gasteiger partial charge < -0.3 is 10.1 Å². The van der Waals surface area contributed by atoms with E-state index in [9.17, 15) is 22.0 Å². The zero-order chi connectivity index (χ0) is 18.4. The first-order valence-corrected chi connectivity index (χ1v) is 8.88. The summed E-state index contributed by atoms with van der Waals surface area (Å²) in [5.74, 6) is -3.58. The summed E-state index contributed by atoms with van der Waals surface area (Å²) in [5, 5.41) is 2.64. The molecule has 0 aliphatic rings. The summed E-state index contributed by atoms with van der Waals surface area (Å²) in [6.45, 7) is 2.39. The van der Waals surface area contributed by atoms with Crippen LogP contribution in [0.4, 0.5) is 8.78 Å². The third-order valence-electron chi connectivity index (χ3n) is 3.25. The zero-order valence-electron chi connectivity index (χ0n) is 13.3. The number of amides is 1. The van der Waals surface area contributed by atoms with Crippen LogP contribution in [0.1, 0.15) is 22.8 Å². The van der Waals surface area contributed by atoms with Crippen molar-refractivity contribution in [1.29, 1.82) is 0 Å². The van der Waals surface area contributed by atoms with E-state index >= 15 is 0 Å². The molecule has 0 atom stereocenters. The van der Waals surface area contributed by atoms with Crippen LogP contribution in [0.3, 0.4) is 0 Å². The molecule has 2 aromatic rings. The van der Waals surface area contributed by atoms with Crippen molar-refractivity contribution < 1.29 is 26.7 Å². The Morgan fingerprint density at radius 2 is 1.92 bits per heavy atom. The zero-order valence-corrected chi connectivity index (χ0v) is 14.1. The van der Waals surface area contributed by atoms with Gasteiger partial charge in [0.2, 0.25) is 15.7 Å².